The van der Waals surface area contributed by atoms with Crippen LogP contribution in [0.4, 0.5) is 4.79 Å². The van der Waals surface area contributed by atoms with Crippen molar-refractivity contribution in [2.24, 2.45) is 0 Å². The van der Waals surface area contributed by atoms with Crippen LogP contribution in [0.3, 0.4) is 0 Å². The van der Waals surface area contributed by atoms with Crippen molar-refractivity contribution in [3.05, 3.63) is 68.6 Å². The number of likely N-dealkylation sites (tertiary alicyclic amines) is 1. The lowest BCUT2D eigenvalue weighted by atomic mass is 10.0. The molecule has 1 fully saturated rings. The Kier molecular flexibility index (Phi) is 6.22. The summed E-state index contributed by atoms with van der Waals surface area (Å²) in [5.41, 5.74) is 0.973. The normalized spacial score (nSPS) is 16.7. The first-order chi connectivity index (χ1) is 12.6. The molecular formula is C19H21Cl2N3O2. The third kappa shape index (κ3) is 4.40. The Balaban J connectivity index is 1.54. The molecule has 0 bridgehead atoms. The molecule has 0 saturated carbocycles. The lowest BCUT2D eigenvalue weighted by molar-refractivity contribution is 0.193. The molecule has 1 N–H and O–H groups in total. The number of hydrogen-bond acceptors (Lipinski definition) is 2. The Morgan fingerprint density at radius 1 is 1.19 bits per heavy atom. The summed E-state index contributed by atoms with van der Waals surface area (Å²) >= 11 is 12.1. The fraction of sp³-hybridized carbons (Fsp3) is 0.368. The number of pyridine rings is 1. The molecule has 0 spiro atoms. The van der Waals surface area contributed by atoms with E-state index in [-0.39, 0.29) is 17.6 Å². The molecule has 138 valence electrons. The van der Waals surface area contributed by atoms with Crippen LogP contribution in [-0.2, 0) is 6.54 Å². The van der Waals surface area contributed by atoms with Crippen molar-refractivity contribution < 1.29 is 4.79 Å². The summed E-state index contributed by atoms with van der Waals surface area (Å²) in [6, 6.07) is 10.5. The zero-order valence-corrected chi connectivity index (χ0v) is 15.8. The van der Waals surface area contributed by atoms with Gasteiger partial charge >= 0.3 is 6.03 Å². The number of carbonyl (C=O) groups is 1. The first-order valence-corrected chi connectivity index (χ1v) is 9.47. The summed E-state index contributed by atoms with van der Waals surface area (Å²) < 4.78 is 1.64. The van der Waals surface area contributed by atoms with Gasteiger partial charge in [-0.05, 0) is 43.0 Å². The first-order valence-electron chi connectivity index (χ1n) is 8.71. The summed E-state index contributed by atoms with van der Waals surface area (Å²) in [6.07, 6.45) is 4.31. The minimum atomic E-state index is -0.0843. The highest BCUT2D eigenvalue weighted by atomic mass is 35.5. The molecule has 2 aromatic rings. The molecule has 7 heteroatoms. The van der Waals surface area contributed by atoms with Crippen molar-refractivity contribution in [3.8, 4) is 0 Å². The van der Waals surface area contributed by atoms with E-state index >= 15 is 0 Å². The minimum Gasteiger partial charge on any atom is -0.338 e. The first kappa shape index (κ1) is 18.8. The number of hydrogen-bond donors (Lipinski definition) is 1. The highest BCUT2D eigenvalue weighted by Gasteiger charge is 2.30. The fourth-order valence-electron chi connectivity index (χ4n) is 3.27. The number of nitrogens with zero attached hydrogens (tertiary/aromatic N) is 2. The van der Waals surface area contributed by atoms with Crippen LogP contribution in [0.1, 0.15) is 30.9 Å². The molecule has 2 heterocycles. The maximum atomic E-state index is 12.5. The van der Waals surface area contributed by atoms with Crippen molar-refractivity contribution in [2.75, 3.05) is 13.1 Å². The third-order valence-electron chi connectivity index (χ3n) is 4.59. The zero-order chi connectivity index (χ0) is 18.5. The number of halogens is 2. The van der Waals surface area contributed by atoms with Crippen molar-refractivity contribution in [2.45, 2.75) is 31.8 Å². The van der Waals surface area contributed by atoms with Gasteiger partial charge in [0.2, 0.25) is 5.56 Å². The summed E-state index contributed by atoms with van der Waals surface area (Å²) in [6.45, 7) is 1.82. The van der Waals surface area contributed by atoms with Crippen molar-refractivity contribution in [3.63, 3.8) is 0 Å². The van der Waals surface area contributed by atoms with Crippen LogP contribution >= 0.6 is 23.2 Å². The predicted octanol–water partition coefficient (Wildman–Crippen LogP) is 4.09. The summed E-state index contributed by atoms with van der Waals surface area (Å²) in [5, 5.41) is 3.97. The number of aryl methyl sites for hydroxylation is 1. The average Bonchev–Trinajstić information content (AvgIpc) is 3.12. The molecule has 3 rings (SSSR count). The Morgan fingerprint density at radius 2 is 2.04 bits per heavy atom. The van der Waals surface area contributed by atoms with Crippen LogP contribution in [0.25, 0.3) is 0 Å². The van der Waals surface area contributed by atoms with Crippen LogP contribution in [0.2, 0.25) is 10.0 Å². The Hall–Kier alpha value is -1.98. The number of amides is 2. The number of rotatable bonds is 5. The number of benzene rings is 1. The van der Waals surface area contributed by atoms with Gasteiger partial charge in [0.05, 0.1) is 16.1 Å². The van der Waals surface area contributed by atoms with Gasteiger partial charge in [0.25, 0.3) is 0 Å². The molecule has 1 aromatic heterocycles. The SMILES string of the molecule is O=C(NCCCn1ccccc1=O)N1CCCC1c1ccc(Cl)c(Cl)c1. The van der Waals surface area contributed by atoms with Gasteiger partial charge in [-0.3, -0.25) is 4.79 Å². The van der Waals surface area contributed by atoms with E-state index in [0.717, 1.165) is 24.9 Å². The van der Waals surface area contributed by atoms with E-state index in [1.165, 1.54) is 6.07 Å². The van der Waals surface area contributed by atoms with Crippen LogP contribution in [0.5, 0.6) is 0 Å². The highest BCUT2D eigenvalue weighted by molar-refractivity contribution is 6.42. The standard InChI is InChI=1S/C19H21Cl2N3O2/c20-15-8-7-14(13-16(15)21)17-5-3-12-24(17)19(26)22-9-4-11-23-10-2-1-6-18(23)25/h1-2,6-8,10,13,17H,3-5,9,11-12H2,(H,22,26). The Labute approximate surface area is 162 Å². The molecule has 1 aliphatic rings. The van der Waals surface area contributed by atoms with E-state index in [2.05, 4.69) is 5.32 Å². The van der Waals surface area contributed by atoms with Crippen molar-refractivity contribution in [1.82, 2.24) is 14.8 Å². The van der Waals surface area contributed by atoms with Crippen LogP contribution in [-0.4, -0.2) is 28.6 Å². The molecular weight excluding hydrogens is 373 g/mol. The molecule has 1 aliphatic heterocycles. The monoisotopic (exact) mass is 393 g/mol. The van der Waals surface area contributed by atoms with Gasteiger partial charge in [-0.1, -0.05) is 35.3 Å². The van der Waals surface area contributed by atoms with E-state index < -0.39 is 0 Å². The van der Waals surface area contributed by atoms with Gasteiger partial charge in [-0.25, -0.2) is 4.79 Å². The van der Waals surface area contributed by atoms with Gasteiger partial charge in [0.15, 0.2) is 0 Å². The maximum Gasteiger partial charge on any atom is 0.317 e. The van der Waals surface area contributed by atoms with Gasteiger partial charge < -0.3 is 14.8 Å². The number of aromatic nitrogens is 1. The van der Waals surface area contributed by atoms with E-state index in [1.807, 2.05) is 23.1 Å². The highest BCUT2D eigenvalue weighted by Crippen LogP contribution is 2.34. The van der Waals surface area contributed by atoms with Crippen LogP contribution in [0, 0.1) is 0 Å². The average molecular weight is 394 g/mol. The Bertz CT molecular complexity index is 838. The number of urea groups is 1. The largest absolute Gasteiger partial charge is 0.338 e. The molecule has 2 amide bonds. The molecule has 1 saturated heterocycles. The van der Waals surface area contributed by atoms with Crippen molar-refractivity contribution in [1.29, 1.82) is 0 Å². The number of nitrogens with one attached hydrogen (secondary N) is 1. The lowest BCUT2D eigenvalue weighted by Gasteiger charge is -2.25. The van der Waals surface area contributed by atoms with Crippen molar-refractivity contribution >= 4 is 29.2 Å². The van der Waals surface area contributed by atoms with Gasteiger partial charge in [-0.15, -0.1) is 0 Å². The molecule has 0 aliphatic carbocycles. The quantitative estimate of drug-likeness (QED) is 0.777. The predicted molar refractivity (Wildman–Crippen MR) is 104 cm³/mol. The molecule has 26 heavy (non-hydrogen) atoms. The van der Waals surface area contributed by atoms with Gasteiger partial charge in [0.1, 0.15) is 0 Å². The second-order valence-corrected chi connectivity index (χ2v) is 7.16. The molecule has 1 atom stereocenters. The third-order valence-corrected chi connectivity index (χ3v) is 5.33. The summed E-state index contributed by atoms with van der Waals surface area (Å²) in [4.78, 5) is 26.0. The second kappa shape index (κ2) is 8.60. The molecule has 1 unspecified atom stereocenters. The maximum absolute atomic E-state index is 12.5. The Morgan fingerprint density at radius 3 is 2.81 bits per heavy atom. The number of carbonyl (C=O) groups excluding carboxylic acids is 1. The second-order valence-electron chi connectivity index (χ2n) is 6.34. The molecule has 1 aromatic carbocycles. The topological polar surface area (TPSA) is 54.3 Å². The van der Waals surface area contributed by atoms with Crippen LogP contribution < -0.4 is 10.9 Å². The fourth-order valence-corrected chi connectivity index (χ4v) is 3.57. The molecule has 5 nitrogen and oxygen atoms in total. The van der Waals surface area contributed by atoms with E-state index in [1.54, 1.807) is 22.9 Å². The summed E-state index contributed by atoms with van der Waals surface area (Å²) in [7, 11) is 0. The smallest absolute Gasteiger partial charge is 0.317 e. The minimum absolute atomic E-state index is 0.0153. The van der Waals surface area contributed by atoms with E-state index in [0.29, 0.717) is 29.6 Å². The summed E-state index contributed by atoms with van der Waals surface area (Å²) in [5.74, 6) is 0. The van der Waals surface area contributed by atoms with Gasteiger partial charge in [0, 0.05) is 31.9 Å². The lowest BCUT2D eigenvalue weighted by Crippen LogP contribution is -2.40. The van der Waals surface area contributed by atoms with E-state index in [9.17, 15) is 9.59 Å². The zero-order valence-electron chi connectivity index (χ0n) is 14.3. The van der Waals surface area contributed by atoms with E-state index in [4.69, 9.17) is 23.2 Å². The molecule has 0 radical (unpaired) electrons. The van der Waals surface area contributed by atoms with Crippen LogP contribution in [0.15, 0.2) is 47.4 Å². The van der Waals surface area contributed by atoms with Gasteiger partial charge in [-0.2, -0.15) is 0 Å².